The first-order valence-electron chi connectivity index (χ1n) is 5.62. The second kappa shape index (κ2) is 6.64. The van der Waals surface area contributed by atoms with E-state index in [4.69, 9.17) is 40.5 Å². The number of hydrogen-bond donors (Lipinski definition) is 1. The molecular weight excluding hydrogens is 415 g/mol. The second-order valence-electron chi connectivity index (χ2n) is 4.23. The molecule has 5 heteroatoms. The molecule has 100 valence electrons. The fourth-order valence-electron chi connectivity index (χ4n) is 1.78. The van der Waals surface area contributed by atoms with Crippen LogP contribution in [0.4, 0.5) is 0 Å². The summed E-state index contributed by atoms with van der Waals surface area (Å²) in [5.41, 5.74) is 8.26. The fourth-order valence-corrected chi connectivity index (χ4v) is 2.63. The molecule has 0 spiro atoms. The molecule has 0 saturated carbocycles. The standard InChI is InChI=1S/C14H11Cl3IN/c15-10-3-1-8(5-11(10)16)6-14(19)9-2-4-13(18)12(17)7-9/h1-5,7,14H,6,19H2. The van der Waals surface area contributed by atoms with E-state index in [2.05, 4.69) is 22.6 Å². The maximum Gasteiger partial charge on any atom is 0.0595 e. The molecule has 2 rings (SSSR count). The molecule has 0 saturated heterocycles. The molecule has 1 atom stereocenters. The van der Waals surface area contributed by atoms with Crippen LogP contribution in [0.15, 0.2) is 36.4 Å². The molecule has 19 heavy (non-hydrogen) atoms. The van der Waals surface area contributed by atoms with E-state index >= 15 is 0 Å². The number of nitrogens with two attached hydrogens (primary N) is 1. The van der Waals surface area contributed by atoms with Gasteiger partial charge in [-0.05, 0) is 64.4 Å². The highest BCUT2D eigenvalue weighted by molar-refractivity contribution is 14.1. The molecule has 0 radical (unpaired) electrons. The smallest absolute Gasteiger partial charge is 0.0595 e. The van der Waals surface area contributed by atoms with E-state index in [9.17, 15) is 0 Å². The zero-order chi connectivity index (χ0) is 14.0. The van der Waals surface area contributed by atoms with Crippen molar-refractivity contribution in [2.75, 3.05) is 0 Å². The van der Waals surface area contributed by atoms with Gasteiger partial charge in [-0.2, -0.15) is 0 Å². The maximum absolute atomic E-state index is 6.20. The molecule has 0 fully saturated rings. The monoisotopic (exact) mass is 425 g/mol. The van der Waals surface area contributed by atoms with E-state index in [0.717, 1.165) is 19.7 Å². The van der Waals surface area contributed by atoms with E-state index in [1.807, 2.05) is 30.3 Å². The van der Waals surface area contributed by atoms with Crippen LogP contribution in [-0.4, -0.2) is 0 Å². The third-order valence-corrected chi connectivity index (χ3v) is 5.12. The zero-order valence-corrected chi connectivity index (χ0v) is 14.3. The van der Waals surface area contributed by atoms with Gasteiger partial charge in [0.05, 0.1) is 15.1 Å². The number of hydrogen-bond acceptors (Lipinski definition) is 1. The highest BCUT2D eigenvalue weighted by Crippen LogP contribution is 2.27. The number of benzene rings is 2. The van der Waals surface area contributed by atoms with Crippen LogP contribution < -0.4 is 5.73 Å². The van der Waals surface area contributed by atoms with Gasteiger partial charge in [-0.3, -0.25) is 0 Å². The Bertz CT molecular complexity index is 601. The Morgan fingerprint density at radius 1 is 0.947 bits per heavy atom. The van der Waals surface area contributed by atoms with Crippen LogP contribution in [0, 0.1) is 3.57 Å². The molecular formula is C14H11Cl3IN. The first-order valence-corrected chi connectivity index (χ1v) is 7.83. The first-order chi connectivity index (χ1) is 8.97. The van der Waals surface area contributed by atoms with Gasteiger partial charge in [-0.1, -0.05) is 46.9 Å². The van der Waals surface area contributed by atoms with Crippen molar-refractivity contribution in [3.63, 3.8) is 0 Å². The summed E-state index contributed by atoms with van der Waals surface area (Å²) in [7, 11) is 0. The lowest BCUT2D eigenvalue weighted by molar-refractivity contribution is 0.722. The van der Waals surface area contributed by atoms with Crippen molar-refractivity contribution >= 4 is 57.4 Å². The molecule has 0 heterocycles. The third-order valence-electron chi connectivity index (χ3n) is 2.81. The predicted molar refractivity (Wildman–Crippen MR) is 91.3 cm³/mol. The van der Waals surface area contributed by atoms with Crippen LogP contribution in [0.3, 0.4) is 0 Å². The Labute approximate surface area is 141 Å². The summed E-state index contributed by atoms with van der Waals surface area (Å²) in [5, 5.41) is 1.82. The summed E-state index contributed by atoms with van der Waals surface area (Å²) in [5.74, 6) is 0. The Kier molecular flexibility index (Phi) is 5.37. The molecule has 2 aromatic carbocycles. The third kappa shape index (κ3) is 3.99. The average molecular weight is 427 g/mol. The summed E-state index contributed by atoms with van der Waals surface area (Å²) in [6.45, 7) is 0. The second-order valence-corrected chi connectivity index (χ2v) is 6.62. The lowest BCUT2D eigenvalue weighted by Crippen LogP contribution is -2.13. The van der Waals surface area contributed by atoms with E-state index in [-0.39, 0.29) is 6.04 Å². The minimum Gasteiger partial charge on any atom is -0.324 e. The molecule has 2 N–H and O–H groups in total. The summed E-state index contributed by atoms with van der Waals surface area (Å²) in [6, 6.07) is 11.3. The number of halogens is 4. The lowest BCUT2D eigenvalue weighted by Gasteiger charge is -2.13. The van der Waals surface area contributed by atoms with Gasteiger partial charge in [-0.25, -0.2) is 0 Å². The van der Waals surface area contributed by atoms with E-state index < -0.39 is 0 Å². The molecule has 0 aliphatic heterocycles. The molecule has 0 bridgehead atoms. The van der Waals surface area contributed by atoms with Gasteiger partial charge in [0, 0.05) is 9.61 Å². The van der Waals surface area contributed by atoms with Gasteiger partial charge in [0.25, 0.3) is 0 Å². The van der Waals surface area contributed by atoms with Crippen LogP contribution in [0.1, 0.15) is 17.2 Å². The van der Waals surface area contributed by atoms with Gasteiger partial charge in [0.2, 0.25) is 0 Å². The highest BCUT2D eigenvalue weighted by Gasteiger charge is 2.10. The minimum absolute atomic E-state index is 0.119. The average Bonchev–Trinajstić information content (AvgIpc) is 2.37. The van der Waals surface area contributed by atoms with Gasteiger partial charge in [-0.15, -0.1) is 0 Å². The summed E-state index contributed by atoms with van der Waals surface area (Å²) < 4.78 is 1.02. The summed E-state index contributed by atoms with van der Waals surface area (Å²) in [6.07, 6.45) is 0.688. The summed E-state index contributed by atoms with van der Waals surface area (Å²) >= 11 is 20.2. The molecule has 0 aliphatic rings. The van der Waals surface area contributed by atoms with Crippen molar-refractivity contribution in [2.45, 2.75) is 12.5 Å². The van der Waals surface area contributed by atoms with Crippen molar-refractivity contribution in [3.8, 4) is 0 Å². The zero-order valence-electron chi connectivity index (χ0n) is 9.84. The maximum atomic E-state index is 6.20. The van der Waals surface area contributed by atoms with Crippen LogP contribution in [0.2, 0.25) is 15.1 Å². The van der Waals surface area contributed by atoms with E-state index in [1.54, 1.807) is 6.07 Å². The van der Waals surface area contributed by atoms with Gasteiger partial charge >= 0.3 is 0 Å². The van der Waals surface area contributed by atoms with Gasteiger partial charge in [0.1, 0.15) is 0 Å². The molecule has 1 unspecified atom stereocenters. The fraction of sp³-hybridized carbons (Fsp3) is 0.143. The Morgan fingerprint density at radius 3 is 2.32 bits per heavy atom. The minimum atomic E-state index is -0.119. The topological polar surface area (TPSA) is 26.0 Å². The highest BCUT2D eigenvalue weighted by atomic mass is 127. The van der Waals surface area contributed by atoms with Crippen molar-refractivity contribution in [1.29, 1.82) is 0 Å². The molecule has 0 aliphatic carbocycles. The molecule has 0 aromatic heterocycles. The molecule has 0 amide bonds. The van der Waals surface area contributed by atoms with Crippen LogP contribution >= 0.6 is 57.4 Å². The largest absolute Gasteiger partial charge is 0.324 e. The normalized spacial score (nSPS) is 12.5. The van der Waals surface area contributed by atoms with Crippen LogP contribution in [-0.2, 0) is 6.42 Å². The van der Waals surface area contributed by atoms with Crippen molar-refractivity contribution in [2.24, 2.45) is 5.73 Å². The van der Waals surface area contributed by atoms with Gasteiger partial charge < -0.3 is 5.73 Å². The Morgan fingerprint density at radius 2 is 1.68 bits per heavy atom. The van der Waals surface area contributed by atoms with E-state index in [1.165, 1.54) is 0 Å². The lowest BCUT2D eigenvalue weighted by atomic mass is 10.00. The SMILES string of the molecule is NC(Cc1ccc(Cl)c(Cl)c1)c1ccc(I)c(Cl)c1. The van der Waals surface area contributed by atoms with Crippen LogP contribution in [0.5, 0.6) is 0 Å². The van der Waals surface area contributed by atoms with Crippen molar-refractivity contribution in [3.05, 3.63) is 66.2 Å². The van der Waals surface area contributed by atoms with Gasteiger partial charge in [0.15, 0.2) is 0 Å². The first kappa shape index (κ1) is 15.4. The molecule has 2 aromatic rings. The van der Waals surface area contributed by atoms with Crippen LogP contribution in [0.25, 0.3) is 0 Å². The van der Waals surface area contributed by atoms with Crippen molar-refractivity contribution < 1.29 is 0 Å². The molecule has 1 nitrogen and oxygen atoms in total. The summed E-state index contributed by atoms with van der Waals surface area (Å²) in [4.78, 5) is 0. The number of rotatable bonds is 3. The quantitative estimate of drug-likeness (QED) is 0.645. The Balaban J connectivity index is 2.17. The predicted octanol–water partition coefficient (Wildman–Crippen LogP) is 5.49. The Hall–Kier alpha value is -0.000000000000000167. The van der Waals surface area contributed by atoms with Crippen molar-refractivity contribution in [1.82, 2.24) is 0 Å². The van der Waals surface area contributed by atoms with E-state index in [0.29, 0.717) is 16.5 Å².